The lowest BCUT2D eigenvalue weighted by Crippen LogP contribution is -2.35. The van der Waals surface area contributed by atoms with Gasteiger partial charge in [0.15, 0.2) is 6.10 Å². The van der Waals surface area contributed by atoms with Crippen molar-refractivity contribution >= 4 is 33.3 Å². The largest absolute Gasteiger partial charge is 0.448 e. The molecule has 1 amide bonds. The van der Waals surface area contributed by atoms with Crippen LogP contribution in [0.15, 0.2) is 36.9 Å². The molecule has 0 radical (unpaired) electrons. The second kappa shape index (κ2) is 6.49. The Kier molecular flexibility index (Phi) is 4.70. The third-order valence-corrected chi connectivity index (χ3v) is 3.86. The molecule has 21 heavy (non-hydrogen) atoms. The number of esters is 1. The second-order valence-corrected chi connectivity index (χ2v) is 5.43. The fraction of sp³-hybridized carbons (Fsp3) is 0.200. The van der Waals surface area contributed by atoms with Crippen LogP contribution in [-0.2, 0) is 9.53 Å². The lowest BCUT2D eigenvalue weighted by Gasteiger charge is -2.11. The summed E-state index contributed by atoms with van der Waals surface area (Å²) in [6, 6.07) is 6.07. The topological polar surface area (TPSA) is 55.4 Å². The van der Waals surface area contributed by atoms with E-state index < -0.39 is 18.0 Å². The maximum atomic E-state index is 13.6. The second-order valence-electron chi connectivity index (χ2n) is 4.34. The minimum atomic E-state index is -0.924. The molecule has 0 unspecified atom stereocenters. The maximum Gasteiger partial charge on any atom is 0.349 e. The highest BCUT2D eigenvalue weighted by Crippen LogP contribution is 2.28. The van der Waals surface area contributed by atoms with E-state index in [-0.39, 0.29) is 10.7 Å². The molecule has 4 nitrogen and oxygen atoms in total. The van der Waals surface area contributed by atoms with Gasteiger partial charge in [-0.1, -0.05) is 12.1 Å². The van der Waals surface area contributed by atoms with Gasteiger partial charge in [-0.15, -0.1) is 17.9 Å². The number of hydrogen-bond donors (Lipinski definition) is 1. The molecule has 1 aromatic heterocycles. The molecule has 0 aliphatic heterocycles. The Bertz CT molecular complexity index is 695. The standard InChI is InChI=1S/C15H14FNO3S/c1-3-7-17-14(18)9(2)20-15(19)13-8-10-11(16)5-4-6-12(10)21-13/h3-6,8-9H,1,7H2,2H3,(H,17,18)/t9-/m0/s1. The highest BCUT2D eigenvalue weighted by molar-refractivity contribution is 7.20. The van der Waals surface area contributed by atoms with Crippen LogP contribution in [0.3, 0.4) is 0 Å². The summed E-state index contributed by atoms with van der Waals surface area (Å²) in [4.78, 5) is 23.8. The average Bonchev–Trinajstić information content (AvgIpc) is 2.90. The van der Waals surface area contributed by atoms with Gasteiger partial charge < -0.3 is 10.1 Å². The third kappa shape index (κ3) is 3.46. The Morgan fingerprint density at radius 3 is 2.95 bits per heavy atom. The van der Waals surface area contributed by atoms with Crippen LogP contribution in [0, 0.1) is 5.82 Å². The first kappa shape index (κ1) is 15.2. The molecule has 0 fully saturated rings. The first-order chi connectivity index (χ1) is 10.0. The molecule has 2 aromatic rings. The van der Waals surface area contributed by atoms with Gasteiger partial charge in [-0.2, -0.15) is 0 Å². The van der Waals surface area contributed by atoms with Gasteiger partial charge in [-0.25, -0.2) is 9.18 Å². The van der Waals surface area contributed by atoms with Gasteiger partial charge >= 0.3 is 5.97 Å². The van der Waals surface area contributed by atoms with E-state index in [9.17, 15) is 14.0 Å². The molecule has 0 aliphatic rings. The Balaban J connectivity index is 2.10. The first-order valence-corrected chi connectivity index (χ1v) is 7.12. The van der Waals surface area contributed by atoms with Crippen LogP contribution >= 0.6 is 11.3 Å². The first-order valence-electron chi connectivity index (χ1n) is 6.30. The number of carbonyl (C=O) groups excluding carboxylic acids is 2. The number of halogens is 1. The number of benzene rings is 1. The summed E-state index contributed by atoms with van der Waals surface area (Å²) in [5, 5.41) is 2.91. The van der Waals surface area contributed by atoms with Crippen molar-refractivity contribution in [2.75, 3.05) is 6.54 Å². The van der Waals surface area contributed by atoms with Crippen LogP contribution in [0.4, 0.5) is 4.39 Å². The molecular formula is C15H14FNO3S. The quantitative estimate of drug-likeness (QED) is 0.682. The number of carbonyl (C=O) groups is 2. The van der Waals surface area contributed by atoms with Crippen LogP contribution in [0.2, 0.25) is 0 Å². The number of rotatable bonds is 5. The van der Waals surface area contributed by atoms with Gasteiger partial charge in [0.1, 0.15) is 10.7 Å². The smallest absolute Gasteiger partial charge is 0.349 e. The molecule has 2 rings (SSSR count). The van der Waals surface area contributed by atoms with Gasteiger partial charge in [0, 0.05) is 16.6 Å². The van der Waals surface area contributed by atoms with Crippen molar-refractivity contribution < 1.29 is 18.7 Å². The van der Waals surface area contributed by atoms with Crippen LogP contribution in [0.5, 0.6) is 0 Å². The molecule has 1 N–H and O–H groups in total. The van der Waals surface area contributed by atoms with Gasteiger partial charge in [0.2, 0.25) is 0 Å². The van der Waals surface area contributed by atoms with Gasteiger partial charge in [-0.3, -0.25) is 4.79 Å². The van der Waals surface area contributed by atoms with E-state index in [2.05, 4.69) is 11.9 Å². The summed E-state index contributed by atoms with van der Waals surface area (Å²) in [5.74, 6) is -1.44. The molecule has 0 saturated heterocycles. The molecular weight excluding hydrogens is 293 g/mol. The van der Waals surface area contributed by atoms with Crippen molar-refractivity contribution in [1.29, 1.82) is 0 Å². The molecule has 1 heterocycles. The fourth-order valence-corrected chi connectivity index (χ4v) is 2.67. The summed E-state index contributed by atoms with van der Waals surface area (Å²) in [7, 11) is 0. The van der Waals surface area contributed by atoms with Gasteiger partial charge in [-0.05, 0) is 25.1 Å². The Hall–Kier alpha value is -2.21. The van der Waals surface area contributed by atoms with Crippen LogP contribution < -0.4 is 5.32 Å². The number of nitrogens with one attached hydrogen (secondary N) is 1. The Morgan fingerprint density at radius 2 is 2.29 bits per heavy atom. The maximum absolute atomic E-state index is 13.6. The van der Waals surface area contributed by atoms with Gasteiger partial charge in [0.05, 0.1) is 0 Å². The van der Waals surface area contributed by atoms with E-state index >= 15 is 0 Å². The molecule has 0 bridgehead atoms. The Labute approximate surface area is 125 Å². The molecule has 0 spiro atoms. The predicted molar refractivity (Wildman–Crippen MR) is 79.9 cm³/mol. The van der Waals surface area contributed by atoms with Crippen molar-refractivity contribution in [2.45, 2.75) is 13.0 Å². The lowest BCUT2D eigenvalue weighted by atomic mass is 10.2. The number of ether oxygens (including phenoxy) is 1. The SMILES string of the molecule is C=CCNC(=O)[C@H](C)OC(=O)c1cc2c(F)cccc2s1. The van der Waals surface area contributed by atoms with E-state index in [1.807, 2.05) is 0 Å². The molecule has 0 saturated carbocycles. The van der Waals surface area contributed by atoms with Crippen LogP contribution in [0.1, 0.15) is 16.6 Å². The van der Waals surface area contributed by atoms with Crippen LogP contribution in [0.25, 0.3) is 10.1 Å². The molecule has 1 atom stereocenters. The minimum absolute atomic E-state index is 0.262. The average molecular weight is 307 g/mol. The molecule has 1 aromatic carbocycles. The van der Waals surface area contributed by atoms with Crippen molar-refractivity contribution in [3.8, 4) is 0 Å². The zero-order valence-corrected chi connectivity index (χ0v) is 12.2. The summed E-state index contributed by atoms with van der Waals surface area (Å²) >= 11 is 1.13. The highest BCUT2D eigenvalue weighted by Gasteiger charge is 2.20. The van der Waals surface area contributed by atoms with Crippen molar-refractivity contribution in [3.63, 3.8) is 0 Å². The minimum Gasteiger partial charge on any atom is -0.448 e. The zero-order valence-electron chi connectivity index (χ0n) is 11.4. The van der Waals surface area contributed by atoms with E-state index in [1.54, 1.807) is 12.1 Å². The molecule has 0 aliphatic carbocycles. The normalized spacial score (nSPS) is 11.9. The summed E-state index contributed by atoms with van der Waals surface area (Å²) < 4.78 is 19.3. The summed E-state index contributed by atoms with van der Waals surface area (Å²) in [6.45, 7) is 5.25. The molecule has 6 heteroatoms. The van der Waals surface area contributed by atoms with Crippen LogP contribution in [-0.4, -0.2) is 24.5 Å². The monoisotopic (exact) mass is 307 g/mol. The summed E-state index contributed by atoms with van der Waals surface area (Å²) in [6.07, 6.45) is 0.605. The van der Waals surface area contributed by atoms with Crippen molar-refractivity contribution in [3.05, 3.63) is 47.6 Å². The molecule has 110 valence electrons. The number of thiophene rings is 1. The number of fused-ring (bicyclic) bond motifs is 1. The Morgan fingerprint density at radius 1 is 1.52 bits per heavy atom. The zero-order chi connectivity index (χ0) is 15.4. The van der Waals surface area contributed by atoms with E-state index in [1.165, 1.54) is 25.1 Å². The fourth-order valence-electron chi connectivity index (χ4n) is 1.71. The van der Waals surface area contributed by atoms with E-state index in [0.29, 0.717) is 16.6 Å². The van der Waals surface area contributed by atoms with E-state index in [4.69, 9.17) is 4.74 Å². The highest BCUT2D eigenvalue weighted by atomic mass is 32.1. The summed E-state index contributed by atoms with van der Waals surface area (Å²) in [5.41, 5.74) is 0. The van der Waals surface area contributed by atoms with Crippen molar-refractivity contribution in [2.24, 2.45) is 0 Å². The lowest BCUT2D eigenvalue weighted by molar-refractivity contribution is -0.128. The number of hydrogen-bond acceptors (Lipinski definition) is 4. The van der Waals surface area contributed by atoms with Gasteiger partial charge in [0.25, 0.3) is 5.91 Å². The third-order valence-electron chi connectivity index (χ3n) is 2.78. The number of amides is 1. The van der Waals surface area contributed by atoms with E-state index in [0.717, 1.165) is 11.3 Å². The predicted octanol–water partition coefficient (Wildman–Crippen LogP) is 2.89. The van der Waals surface area contributed by atoms with Crippen molar-refractivity contribution in [1.82, 2.24) is 5.32 Å².